The van der Waals surface area contributed by atoms with Gasteiger partial charge in [0.25, 0.3) is 0 Å². The van der Waals surface area contributed by atoms with E-state index in [1.54, 1.807) is 13.2 Å². The zero-order chi connectivity index (χ0) is 19.4. The number of methoxy groups -OCH3 is 1. The van der Waals surface area contributed by atoms with Crippen LogP contribution in [0.15, 0.2) is 51.7 Å². The molecule has 3 aromatic rings. The summed E-state index contributed by atoms with van der Waals surface area (Å²) in [6.45, 7) is 3.96. The van der Waals surface area contributed by atoms with Crippen LogP contribution in [0.4, 0.5) is 5.69 Å². The molecule has 5 heteroatoms. The Kier molecular flexibility index (Phi) is 5.60. The van der Waals surface area contributed by atoms with Crippen LogP contribution < -0.4 is 15.7 Å². The molecule has 0 saturated carbocycles. The van der Waals surface area contributed by atoms with Crippen LogP contribution in [0.5, 0.6) is 5.75 Å². The van der Waals surface area contributed by atoms with Gasteiger partial charge in [-0.15, -0.1) is 0 Å². The Morgan fingerprint density at radius 2 is 1.89 bits per heavy atom. The summed E-state index contributed by atoms with van der Waals surface area (Å²) in [4.78, 5) is 24.6. The van der Waals surface area contributed by atoms with Crippen molar-refractivity contribution in [2.75, 3.05) is 12.4 Å². The lowest BCUT2D eigenvalue weighted by Crippen LogP contribution is -2.16. The lowest BCUT2D eigenvalue weighted by atomic mass is 10.0. The van der Waals surface area contributed by atoms with Gasteiger partial charge in [0.05, 0.1) is 7.11 Å². The number of benzene rings is 2. The Labute approximate surface area is 158 Å². The van der Waals surface area contributed by atoms with Crippen molar-refractivity contribution in [3.05, 3.63) is 69.6 Å². The van der Waals surface area contributed by atoms with Crippen LogP contribution in [0.25, 0.3) is 11.0 Å². The number of nitrogens with one attached hydrogen (secondary N) is 1. The van der Waals surface area contributed by atoms with Gasteiger partial charge in [-0.2, -0.15) is 0 Å². The van der Waals surface area contributed by atoms with Gasteiger partial charge in [-0.1, -0.05) is 19.1 Å². The zero-order valence-corrected chi connectivity index (χ0v) is 15.8. The number of carbonyl (C=O) groups excluding carboxylic acids is 1. The summed E-state index contributed by atoms with van der Waals surface area (Å²) >= 11 is 0. The van der Waals surface area contributed by atoms with E-state index in [0.29, 0.717) is 23.3 Å². The molecule has 1 amide bonds. The highest BCUT2D eigenvalue weighted by atomic mass is 16.5. The van der Waals surface area contributed by atoms with Gasteiger partial charge in [-0.3, -0.25) is 4.79 Å². The molecule has 5 nitrogen and oxygen atoms in total. The largest absolute Gasteiger partial charge is 0.497 e. The van der Waals surface area contributed by atoms with E-state index in [1.165, 1.54) is 5.56 Å². The molecule has 0 atom stereocenters. The molecule has 0 aliphatic carbocycles. The van der Waals surface area contributed by atoms with Crippen LogP contribution in [0.3, 0.4) is 0 Å². The molecule has 0 aliphatic rings. The Hall–Kier alpha value is -3.08. The third kappa shape index (κ3) is 4.19. The average Bonchev–Trinajstić information content (AvgIpc) is 2.67. The lowest BCUT2D eigenvalue weighted by molar-refractivity contribution is -0.116. The topological polar surface area (TPSA) is 68.5 Å². The van der Waals surface area contributed by atoms with Crippen LogP contribution in [-0.4, -0.2) is 13.0 Å². The first kappa shape index (κ1) is 18.7. The van der Waals surface area contributed by atoms with E-state index in [4.69, 9.17) is 9.15 Å². The molecule has 2 aromatic carbocycles. The molecule has 0 saturated heterocycles. The highest BCUT2D eigenvalue weighted by Crippen LogP contribution is 2.24. The summed E-state index contributed by atoms with van der Waals surface area (Å²) in [5.74, 6) is 0.499. The highest BCUT2D eigenvalue weighted by molar-refractivity contribution is 5.91. The maximum absolute atomic E-state index is 12.4. The van der Waals surface area contributed by atoms with E-state index in [0.717, 1.165) is 23.1 Å². The molecule has 0 spiro atoms. The number of aryl methyl sites for hydroxylation is 2. The van der Waals surface area contributed by atoms with E-state index in [2.05, 4.69) is 12.2 Å². The van der Waals surface area contributed by atoms with E-state index >= 15 is 0 Å². The van der Waals surface area contributed by atoms with Gasteiger partial charge in [0.1, 0.15) is 11.3 Å². The van der Waals surface area contributed by atoms with E-state index in [-0.39, 0.29) is 12.3 Å². The minimum absolute atomic E-state index is 0.132. The number of hydrogen-bond donors (Lipinski definition) is 1. The molecule has 1 N–H and O–H groups in total. The van der Waals surface area contributed by atoms with Gasteiger partial charge < -0.3 is 14.5 Å². The first-order valence-electron chi connectivity index (χ1n) is 9.01. The van der Waals surface area contributed by atoms with Crippen molar-refractivity contribution < 1.29 is 13.9 Å². The van der Waals surface area contributed by atoms with Crippen LogP contribution in [0, 0.1) is 6.92 Å². The molecule has 1 heterocycles. The van der Waals surface area contributed by atoms with Crippen LogP contribution >= 0.6 is 0 Å². The van der Waals surface area contributed by atoms with Crippen molar-refractivity contribution in [3.63, 3.8) is 0 Å². The van der Waals surface area contributed by atoms with Crippen molar-refractivity contribution >= 4 is 22.6 Å². The van der Waals surface area contributed by atoms with E-state index < -0.39 is 5.63 Å². The molecular formula is C22H23NO4. The van der Waals surface area contributed by atoms with E-state index in [1.807, 2.05) is 43.3 Å². The minimum atomic E-state index is -0.409. The fraction of sp³-hybridized carbons (Fsp3) is 0.273. The van der Waals surface area contributed by atoms with Crippen LogP contribution in [0.1, 0.15) is 30.0 Å². The third-order valence-electron chi connectivity index (χ3n) is 4.74. The van der Waals surface area contributed by atoms with Gasteiger partial charge in [0, 0.05) is 29.1 Å². The number of hydrogen-bond acceptors (Lipinski definition) is 4. The number of fused-ring (bicyclic) bond motifs is 1. The molecule has 0 radical (unpaired) electrons. The summed E-state index contributed by atoms with van der Waals surface area (Å²) < 4.78 is 10.6. The predicted octanol–water partition coefficient (Wildman–Crippen LogP) is 4.24. The molecule has 0 fully saturated rings. The molecule has 0 unspecified atom stereocenters. The van der Waals surface area contributed by atoms with Crippen LogP contribution in [0.2, 0.25) is 0 Å². The number of ether oxygens (including phenoxy) is 1. The molecule has 0 aliphatic heterocycles. The normalized spacial score (nSPS) is 10.8. The Morgan fingerprint density at radius 3 is 2.56 bits per heavy atom. The first-order chi connectivity index (χ1) is 13.0. The van der Waals surface area contributed by atoms with Crippen molar-refractivity contribution in [1.82, 2.24) is 0 Å². The highest BCUT2D eigenvalue weighted by Gasteiger charge is 2.14. The number of anilines is 1. The molecule has 27 heavy (non-hydrogen) atoms. The van der Waals surface area contributed by atoms with Gasteiger partial charge in [0.2, 0.25) is 5.91 Å². The number of carbonyl (C=O) groups is 1. The maximum atomic E-state index is 12.4. The molecule has 3 rings (SSSR count). The Balaban J connectivity index is 1.74. The predicted molar refractivity (Wildman–Crippen MR) is 107 cm³/mol. The third-order valence-corrected chi connectivity index (χ3v) is 4.74. The standard InChI is InChI=1S/C22H23NO4/c1-4-15-5-7-16(8-6-15)23-21(24)12-11-19-14(2)18-10-9-17(26-3)13-20(18)27-22(19)25/h5-10,13H,4,11-12H2,1-3H3,(H,23,24). The molecule has 140 valence electrons. The average molecular weight is 365 g/mol. The lowest BCUT2D eigenvalue weighted by Gasteiger charge is -2.09. The minimum Gasteiger partial charge on any atom is -0.497 e. The van der Waals surface area contributed by atoms with Gasteiger partial charge >= 0.3 is 5.63 Å². The summed E-state index contributed by atoms with van der Waals surface area (Å²) in [6.07, 6.45) is 1.49. The fourth-order valence-electron chi connectivity index (χ4n) is 3.08. The summed E-state index contributed by atoms with van der Waals surface area (Å²) in [5, 5.41) is 3.71. The van der Waals surface area contributed by atoms with Gasteiger partial charge in [-0.05, 0) is 55.2 Å². The summed E-state index contributed by atoms with van der Waals surface area (Å²) in [7, 11) is 1.56. The van der Waals surface area contributed by atoms with Crippen molar-refractivity contribution in [2.45, 2.75) is 33.1 Å². The second-order valence-corrected chi connectivity index (χ2v) is 6.45. The van der Waals surface area contributed by atoms with Gasteiger partial charge in [-0.25, -0.2) is 4.79 Å². The number of rotatable bonds is 6. The summed E-state index contributed by atoms with van der Waals surface area (Å²) in [6, 6.07) is 13.1. The van der Waals surface area contributed by atoms with E-state index in [9.17, 15) is 9.59 Å². The molecule has 0 bridgehead atoms. The molecular weight excluding hydrogens is 342 g/mol. The zero-order valence-electron chi connectivity index (χ0n) is 15.8. The molecule has 1 aromatic heterocycles. The van der Waals surface area contributed by atoms with Gasteiger partial charge in [0.15, 0.2) is 0 Å². The second-order valence-electron chi connectivity index (χ2n) is 6.45. The smallest absolute Gasteiger partial charge is 0.339 e. The Morgan fingerprint density at radius 1 is 1.15 bits per heavy atom. The second kappa shape index (κ2) is 8.08. The van der Waals surface area contributed by atoms with Crippen molar-refractivity contribution in [3.8, 4) is 5.75 Å². The van der Waals surface area contributed by atoms with Crippen molar-refractivity contribution in [2.24, 2.45) is 0 Å². The maximum Gasteiger partial charge on any atom is 0.339 e. The SMILES string of the molecule is CCc1ccc(NC(=O)CCc2c(C)c3ccc(OC)cc3oc2=O)cc1. The fourth-order valence-corrected chi connectivity index (χ4v) is 3.08. The Bertz CT molecular complexity index is 1020. The van der Waals surface area contributed by atoms with Crippen molar-refractivity contribution in [1.29, 1.82) is 0 Å². The monoisotopic (exact) mass is 365 g/mol. The first-order valence-corrected chi connectivity index (χ1v) is 9.01. The summed E-state index contributed by atoms with van der Waals surface area (Å²) in [5.41, 5.74) is 3.42. The number of amides is 1. The van der Waals surface area contributed by atoms with Crippen LogP contribution in [-0.2, 0) is 17.6 Å². The quantitative estimate of drug-likeness (QED) is 0.663.